The fraction of sp³-hybridized carbons (Fsp3) is 0.800. The number of carboxylic acids is 1. The average molecular weight is 249 g/mol. The first kappa shape index (κ1) is 15.1. The molecule has 3 unspecified atom stereocenters. The second kappa shape index (κ2) is 6.62. The molecule has 0 aliphatic heterocycles. The van der Waals surface area contributed by atoms with E-state index in [1.807, 2.05) is 0 Å². The molecule has 0 spiro atoms. The third-order valence-electron chi connectivity index (χ3n) is 2.17. The Morgan fingerprint density at radius 3 is 2.12 bits per heavy atom. The number of carbonyl (C=O) groups excluding carboxylic acids is 1. The first-order chi connectivity index (χ1) is 7.32. The zero-order chi connectivity index (χ0) is 12.9. The maximum Gasteiger partial charge on any atom is 0.319 e. The lowest BCUT2D eigenvalue weighted by Crippen LogP contribution is -2.42. The van der Waals surface area contributed by atoms with E-state index in [-0.39, 0.29) is 11.8 Å². The Bertz CT molecular complexity index is 291. The molecule has 0 rings (SSSR count). The Morgan fingerprint density at radius 2 is 1.81 bits per heavy atom. The summed E-state index contributed by atoms with van der Waals surface area (Å²) in [5.41, 5.74) is 0. The van der Waals surface area contributed by atoms with E-state index >= 15 is 0 Å². The Kier molecular flexibility index (Phi) is 6.25. The smallest absolute Gasteiger partial charge is 0.319 e. The van der Waals surface area contributed by atoms with E-state index in [9.17, 15) is 13.8 Å². The molecule has 0 aromatic carbocycles. The standard InChI is InChI=1S/C10H19NO4S/c1-5-11-9(12)7(4)16(15)8(6(2)3)10(13)14/h6-8H,5H2,1-4H3,(H,11,12)(H,13,14). The first-order valence-corrected chi connectivity index (χ1v) is 6.50. The van der Waals surface area contributed by atoms with Gasteiger partial charge in [0.15, 0.2) is 0 Å². The summed E-state index contributed by atoms with van der Waals surface area (Å²) in [6.45, 7) is 7.05. The van der Waals surface area contributed by atoms with Crippen molar-refractivity contribution < 1.29 is 18.9 Å². The number of hydrogen-bond acceptors (Lipinski definition) is 3. The fourth-order valence-corrected chi connectivity index (χ4v) is 2.77. The number of nitrogens with one attached hydrogen (secondary N) is 1. The maximum atomic E-state index is 11.9. The minimum Gasteiger partial charge on any atom is -0.480 e. The third-order valence-corrected chi connectivity index (χ3v) is 4.33. The summed E-state index contributed by atoms with van der Waals surface area (Å²) in [6.07, 6.45) is 0. The second-order valence-electron chi connectivity index (χ2n) is 3.87. The van der Waals surface area contributed by atoms with Gasteiger partial charge in [0.25, 0.3) is 0 Å². The topological polar surface area (TPSA) is 83.5 Å². The van der Waals surface area contributed by atoms with E-state index in [2.05, 4.69) is 5.32 Å². The van der Waals surface area contributed by atoms with E-state index in [1.54, 1.807) is 20.8 Å². The van der Waals surface area contributed by atoms with Crippen LogP contribution in [-0.4, -0.2) is 38.2 Å². The minimum absolute atomic E-state index is 0.268. The summed E-state index contributed by atoms with van der Waals surface area (Å²) in [5.74, 6) is -1.76. The summed E-state index contributed by atoms with van der Waals surface area (Å²) in [4.78, 5) is 22.4. The second-order valence-corrected chi connectivity index (χ2v) is 5.74. The van der Waals surface area contributed by atoms with Gasteiger partial charge in [-0.05, 0) is 19.8 Å². The van der Waals surface area contributed by atoms with E-state index in [0.717, 1.165) is 0 Å². The van der Waals surface area contributed by atoms with Crippen LogP contribution in [-0.2, 0) is 20.4 Å². The van der Waals surface area contributed by atoms with Crippen molar-refractivity contribution in [3.05, 3.63) is 0 Å². The van der Waals surface area contributed by atoms with Crippen LogP contribution in [0.25, 0.3) is 0 Å². The SMILES string of the molecule is CCNC(=O)C(C)S(=O)C(C(=O)O)C(C)C. The molecule has 0 aliphatic rings. The number of aliphatic carboxylic acids is 1. The maximum absolute atomic E-state index is 11.9. The zero-order valence-electron chi connectivity index (χ0n) is 10.0. The molecular formula is C10H19NO4S. The molecule has 0 bridgehead atoms. The Labute approximate surface area is 98.1 Å². The van der Waals surface area contributed by atoms with Crippen LogP contribution in [0.15, 0.2) is 0 Å². The largest absolute Gasteiger partial charge is 0.480 e. The van der Waals surface area contributed by atoms with Gasteiger partial charge in [-0.1, -0.05) is 13.8 Å². The van der Waals surface area contributed by atoms with Gasteiger partial charge in [-0.25, -0.2) is 0 Å². The van der Waals surface area contributed by atoms with Crippen LogP contribution in [0.5, 0.6) is 0 Å². The van der Waals surface area contributed by atoms with E-state index in [0.29, 0.717) is 6.54 Å². The third kappa shape index (κ3) is 3.92. The van der Waals surface area contributed by atoms with Gasteiger partial charge in [-0.3, -0.25) is 13.8 Å². The Balaban J connectivity index is 4.75. The van der Waals surface area contributed by atoms with Crippen molar-refractivity contribution in [1.82, 2.24) is 5.32 Å². The van der Waals surface area contributed by atoms with Gasteiger partial charge in [0.1, 0.15) is 10.5 Å². The number of carbonyl (C=O) groups is 2. The van der Waals surface area contributed by atoms with Crippen LogP contribution < -0.4 is 5.32 Å². The van der Waals surface area contributed by atoms with Crippen LogP contribution in [0.3, 0.4) is 0 Å². The van der Waals surface area contributed by atoms with Crippen LogP contribution in [0.4, 0.5) is 0 Å². The number of carboxylic acid groups (broad SMARTS) is 1. The molecule has 0 heterocycles. The molecule has 0 saturated heterocycles. The Morgan fingerprint density at radius 1 is 1.31 bits per heavy atom. The van der Waals surface area contributed by atoms with Crippen molar-refractivity contribution in [2.45, 2.75) is 38.2 Å². The normalized spacial score (nSPS) is 16.6. The van der Waals surface area contributed by atoms with Gasteiger partial charge in [-0.2, -0.15) is 0 Å². The molecule has 2 N–H and O–H groups in total. The van der Waals surface area contributed by atoms with Crippen molar-refractivity contribution in [2.24, 2.45) is 5.92 Å². The van der Waals surface area contributed by atoms with Crippen molar-refractivity contribution >= 4 is 22.7 Å². The lowest BCUT2D eigenvalue weighted by molar-refractivity contribution is -0.137. The highest BCUT2D eigenvalue weighted by atomic mass is 32.2. The van der Waals surface area contributed by atoms with Gasteiger partial charge in [0, 0.05) is 17.3 Å². The summed E-state index contributed by atoms with van der Waals surface area (Å²) in [6, 6.07) is 0. The van der Waals surface area contributed by atoms with Crippen LogP contribution in [0, 0.1) is 5.92 Å². The average Bonchev–Trinajstić information content (AvgIpc) is 2.15. The lowest BCUT2D eigenvalue weighted by atomic mass is 10.1. The van der Waals surface area contributed by atoms with E-state index < -0.39 is 27.3 Å². The molecule has 0 radical (unpaired) electrons. The monoisotopic (exact) mass is 249 g/mol. The summed E-state index contributed by atoms with van der Waals surface area (Å²) >= 11 is 0. The highest BCUT2D eigenvalue weighted by Gasteiger charge is 2.34. The first-order valence-electron chi connectivity index (χ1n) is 5.22. The minimum atomic E-state index is -1.71. The predicted molar refractivity (Wildman–Crippen MR) is 62.5 cm³/mol. The molecular weight excluding hydrogens is 230 g/mol. The highest BCUT2D eigenvalue weighted by molar-refractivity contribution is 7.87. The molecule has 0 aromatic rings. The lowest BCUT2D eigenvalue weighted by Gasteiger charge is -2.19. The van der Waals surface area contributed by atoms with Crippen molar-refractivity contribution in [2.75, 3.05) is 6.54 Å². The summed E-state index contributed by atoms with van der Waals surface area (Å²) in [7, 11) is -1.71. The molecule has 3 atom stereocenters. The van der Waals surface area contributed by atoms with Crippen molar-refractivity contribution in [3.8, 4) is 0 Å². The summed E-state index contributed by atoms with van der Waals surface area (Å²) in [5, 5.41) is 9.68. The number of amides is 1. The van der Waals surface area contributed by atoms with E-state index in [1.165, 1.54) is 6.92 Å². The molecule has 5 nitrogen and oxygen atoms in total. The zero-order valence-corrected chi connectivity index (χ0v) is 10.8. The van der Waals surface area contributed by atoms with Gasteiger partial charge >= 0.3 is 5.97 Å². The molecule has 94 valence electrons. The van der Waals surface area contributed by atoms with Crippen LogP contribution in [0.2, 0.25) is 0 Å². The molecule has 0 fully saturated rings. The summed E-state index contributed by atoms with van der Waals surface area (Å²) < 4.78 is 11.9. The predicted octanol–water partition coefficient (Wildman–Crippen LogP) is 0.369. The van der Waals surface area contributed by atoms with Gasteiger partial charge < -0.3 is 10.4 Å². The molecule has 0 aliphatic carbocycles. The van der Waals surface area contributed by atoms with Gasteiger partial charge in [0.05, 0.1) is 0 Å². The van der Waals surface area contributed by atoms with Crippen LogP contribution in [0.1, 0.15) is 27.7 Å². The van der Waals surface area contributed by atoms with Crippen LogP contribution >= 0.6 is 0 Å². The van der Waals surface area contributed by atoms with Crippen molar-refractivity contribution in [3.63, 3.8) is 0 Å². The molecule has 1 amide bonds. The molecule has 0 saturated carbocycles. The Hall–Kier alpha value is -0.910. The van der Waals surface area contributed by atoms with E-state index in [4.69, 9.17) is 5.11 Å². The molecule has 0 aromatic heterocycles. The highest BCUT2D eigenvalue weighted by Crippen LogP contribution is 2.14. The molecule has 6 heteroatoms. The number of hydrogen-bond donors (Lipinski definition) is 2. The molecule has 16 heavy (non-hydrogen) atoms. The fourth-order valence-electron chi connectivity index (χ4n) is 1.30. The van der Waals surface area contributed by atoms with Gasteiger partial charge in [-0.15, -0.1) is 0 Å². The quantitative estimate of drug-likeness (QED) is 0.712. The van der Waals surface area contributed by atoms with Gasteiger partial charge in [0.2, 0.25) is 5.91 Å². The van der Waals surface area contributed by atoms with Crippen molar-refractivity contribution in [1.29, 1.82) is 0 Å². The number of rotatable bonds is 6.